The second-order valence-corrected chi connectivity index (χ2v) is 5.03. The number of nitrogens with one attached hydrogen (secondary N) is 3. The van der Waals surface area contributed by atoms with Crippen LogP contribution < -0.4 is 15.4 Å². The molecule has 0 aliphatic rings. The van der Waals surface area contributed by atoms with Crippen molar-refractivity contribution in [3.8, 4) is 5.75 Å². The molecular formula is C17H21N3O3. The van der Waals surface area contributed by atoms with Gasteiger partial charge in [0, 0.05) is 19.7 Å². The maximum Gasteiger partial charge on any atom is 0.271 e. The summed E-state index contributed by atoms with van der Waals surface area (Å²) >= 11 is 0. The second-order valence-electron chi connectivity index (χ2n) is 5.03. The third-order valence-electron chi connectivity index (χ3n) is 3.39. The molecule has 0 saturated heterocycles. The van der Waals surface area contributed by atoms with Gasteiger partial charge in [-0.1, -0.05) is 30.3 Å². The van der Waals surface area contributed by atoms with Crippen molar-refractivity contribution in [2.75, 3.05) is 13.6 Å². The minimum absolute atomic E-state index is 0.233. The largest absolute Gasteiger partial charge is 0.484 e. The highest BCUT2D eigenvalue weighted by atomic mass is 16.5. The van der Waals surface area contributed by atoms with Crippen LogP contribution in [0.15, 0.2) is 36.4 Å². The lowest BCUT2D eigenvalue weighted by molar-refractivity contribution is 0.0951. The third-order valence-corrected chi connectivity index (χ3v) is 3.39. The topological polar surface area (TPSA) is 83.2 Å². The molecule has 2 rings (SSSR count). The molecule has 6 nitrogen and oxygen atoms in total. The van der Waals surface area contributed by atoms with Crippen molar-refractivity contribution >= 4 is 11.8 Å². The van der Waals surface area contributed by atoms with Crippen molar-refractivity contribution in [2.45, 2.75) is 20.0 Å². The van der Waals surface area contributed by atoms with Gasteiger partial charge in [0.2, 0.25) is 0 Å². The fraction of sp³-hybridized carbons (Fsp3) is 0.294. The number of carbonyl (C=O) groups excluding carboxylic acids is 2. The molecule has 0 aliphatic carbocycles. The van der Waals surface area contributed by atoms with E-state index in [9.17, 15) is 9.59 Å². The lowest BCUT2D eigenvalue weighted by Gasteiger charge is -2.14. The summed E-state index contributed by atoms with van der Waals surface area (Å²) in [6.45, 7) is 4.22. The first-order valence-corrected chi connectivity index (χ1v) is 7.51. The van der Waals surface area contributed by atoms with Crippen LogP contribution in [0.4, 0.5) is 0 Å². The van der Waals surface area contributed by atoms with E-state index >= 15 is 0 Å². The molecule has 0 unspecified atom stereocenters. The number of hydrogen-bond acceptors (Lipinski definition) is 3. The van der Waals surface area contributed by atoms with E-state index in [1.54, 1.807) is 6.07 Å². The zero-order chi connectivity index (χ0) is 16.8. The van der Waals surface area contributed by atoms with E-state index in [0.717, 1.165) is 5.56 Å². The van der Waals surface area contributed by atoms with Crippen LogP contribution in [0.25, 0.3) is 0 Å². The highest BCUT2D eigenvalue weighted by Gasteiger charge is 2.21. The van der Waals surface area contributed by atoms with Crippen LogP contribution in [0.2, 0.25) is 0 Å². The van der Waals surface area contributed by atoms with Crippen LogP contribution in [0.1, 0.15) is 46.5 Å². The van der Waals surface area contributed by atoms with Gasteiger partial charge >= 0.3 is 0 Å². The Kier molecular flexibility index (Phi) is 5.41. The van der Waals surface area contributed by atoms with Gasteiger partial charge in [0.25, 0.3) is 11.8 Å². The number of carbonyl (C=O) groups is 2. The number of H-pyrrole nitrogens is 1. The molecule has 0 aliphatic heterocycles. The molecule has 23 heavy (non-hydrogen) atoms. The SMILES string of the molecule is CCNC(=O)c1cc(O[C@H](C)c2ccccc2)c(C(=O)NC)[nH]1. The van der Waals surface area contributed by atoms with Crippen LogP contribution in [-0.2, 0) is 0 Å². The smallest absolute Gasteiger partial charge is 0.271 e. The number of amides is 2. The average Bonchev–Trinajstić information content (AvgIpc) is 2.99. The minimum atomic E-state index is -0.337. The van der Waals surface area contributed by atoms with Gasteiger partial charge in [-0.3, -0.25) is 9.59 Å². The standard InChI is InChI=1S/C17H21N3O3/c1-4-19-16(21)13-10-14(15(20-13)17(22)18-3)23-11(2)12-8-6-5-7-9-12/h5-11,20H,4H2,1-3H3,(H,18,22)(H,19,21)/t11-/m1/s1. The Bertz CT molecular complexity index is 680. The Hall–Kier alpha value is -2.76. The molecule has 1 atom stereocenters. The zero-order valence-corrected chi connectivity index (χ0v) is 13.5. The van der Waals surface area contributed by atoms with Gasteiger partial charge in [-0.2, -0.15) is 0 Å². The Morgan fingerprint density at radius 2 is 1.91 bits per heavy atom. The van der Waals surface area contributed by atoms with Crippen LogP contribution in [0.3, 0.4) is 0 Å². The molecule has 0 spiro atoms. The van der Waals surface area contributed by atoms with E-state index in [1.807, 2.05) is 44.2 Å². The predicted molar refractivity (Wildman–Crippen MR) is 87.7 cm³/mol. The van der Waals surface area contributed by atoms with Crippen molar-refractivity contribution < 1.29 is 14.3 Å². The van der Waals surface area contributed by atoms with Crippen molar-refractivity contribution in [3.63, 3.8) is 0 Å². The first-order valence-electron chi connectivity index (χ1n) is 7.51. The van der Waals surface area contributed by atoms with E-state index < -0.39 is 0 Å². The number of ether oxygens (including phenoxy) is 1. The molecule has 0 bridgehead atoms. The Morgan fingerprint density at radius 3 is 2.52 bits per heavy atom. The maximum absolute atomic E-state index is 12.0. The summed E-state index contributed by atoms with van der Waals surface area (Å²) in [5.41, 5.74) is 1.51. The molecule has 1 aromatic heterocycles. The lowest BCUT2D eigenvalue weighted by atomic mass is 10.1. The second kappa shape index (κ2) is 7.49. The monoisotopic (exact) mass is 315 g/mol. The molecule has 1 aromatic carbocycles. The summed E-state index contributed by atoms with van der Waals surface area (Å²) in [5.74, 6) is -0.266. The Morgan fingerprint density at radius 1 is 1.22 bits per heavy atom. The van der Waals surface area contributed by atoms with Gasteiger partial charge in [-0.15, -0.1) is 0 Å². The van der Waals surface area contributed by atoms with Crippen LogP contribution in [0, 0.1) is 0 Å². The molecule has 0 saturated carbocycles. The molecule has 122 valence electrons. The fourth-order valence-electron chi connectivity index (χ4n) is 2.18. The number of benzene rings is 1. The fourth-order valence-corrected chi connectivity index (χ4v) is 2.18. The van der Waals surface area contributed by atoms with E-state index in [0.29, 0.717) is 18.0 Å². The quantitative estimate of drug-likeness (QED) is 0.764. The minimum Gasteiger partial charge on any atom is -0.484 e. The van der Waals surface area contributed by atoms with Crippen LogP contribution >= 0.6 is 0 Å². The van der Waals surface area contributed by atoms with Gasteiger partial charge < -0.3 is 20.4 Å². The summed E-state index contributed by atoms with van der Waals surface area (Å²) in [5, 5.41) is 5.22. The van der Waals surface area contributed by atoms with E-state index in [1.165, 1.54) is 7.05 Å². The van der Waals surface area contributed by atoms with E-state index in [-0.39, 0.29) is 23.6 Å². The summed E-state index contributed by atoms with van der Waals surface area (Å²) in [4.78, 5) is 26.8. The molecule has 6 heteroatoms. The normalized spacial score (nSPS) is 11.6. The van der Waals surface area contributed by atoms with Crippen molar-refractivity contribution in [3.05, 3.63) is 53.3 Å². The molecule has 1 heterocycles. The predicted octanol–water partition coefficient (Wildman–Crippen LogP) is 2.26. The van der Waals surface area contributed by atoms with Gasteiger partial charge in [-0.05, 0) is 19.4 Å². The van der Waals surface area contributed by atoms with Crippen LogP contribution in [-0.4, -0.2) is 30.4 Å². The van der Waals surface area contributed by atoms with Crippen LogP contribution in [0.5, 0.6) is 5.75 Å². The molecule has 2 aromatic rings. The lowest BCUT2D eigenvalue weighted by Crippen LogP contribution is -2.23. The number of aromatic amines is 1. The molecule has 3 N–H and O–H groups in total. The van der Waals surface area contributed by atoms with Gasteiger partial charge in [-0.25, -0.2) is 0 Å². The highest BCUT2D eigenvalue weighted by Crippen LogP contribution is 2.26. The number of hydrogen-bond donors (Lipinski definition) is 3. The first-order chi connectivity index (χ1) is 11.1. The molecule has 2 amide bonds. The number of rotatable bonds is 6. The van der Waals surface area contributed by atoms with Gasteiger partial charge in [0.15, 0.2) is 5.75 Å². The van der Waals surface area contributed by atoms with E-state index in [4.69, 9.17) is 4.74 Å². The molecular weight excluding hydrogens is 294 g/mol. The average molecular weight is 315 g/mol. The van der Waals surface area contributed by atoms with Crippen molar-refractivity contribution in [1.29, 1.82) is 0 Å². The first kappa shape index (κ1) is 16.6. The Labute approximate surface area is 135 Å². The Balaban J connectivity index is 2.28. The summed E-state index contributed by atoms with van der Waals surface area (Å²) in [6, 6.07) is 11.2. The highest BCUT2D eigenvalue weighted by molar-refractivity contribution is 5.99. The number of aromatic nitrogens is 1. The van der Waals surface area contributed by atoms with Gasteiger partial charge in [0.1, 0.15) is 17.5 Å². The third kappa shape index (κ3) is 3.91. The van der Waals surface area contributed by atoms with Crippen molar-refractivity contribution in [1.82, 2.24) is 15.6 Å². The molecule has 0 fully saturated rings. The van der Waals surface area contributed by atoms with Crippen molar-refractivity contribution in [2.24, 2.45) is 0 Å². The zero-order valence-electron chi connectivity index (χ0n) is 13.5. The summed E-state index contributed by atoms with van der Waals surface area (Å²) in [7, 11) is 1.53. The molecule has 0 radical (unpaired) electrons. The van der Waals surface area contributed by atoms with E-state index in [2.05, 4.69) is 15.6 Å². The maximum atomic E-state index is 12.0. The van der Waals surface area contributed by atoms with Gasteiger partial charge in [0.05, 0.1) is 0 Å². The summed E-state index contributed by atoms with van der Waals surface area (Å²) < 4.78 is 5.89. The summed E-state index contributed by atoms with van der Waals surface area (Å²) in [6.07, 6.45) is -0.252.